The van der Waals surface area contributed by atoms with Crippen LogP contribution in [0.4, 0.5) is 0 Å². The van der Waals surface area contributed by atoms with Crippen LogP contribution in [0.3, 0.4) is 0 Å². The standard InChI is InChI=1S/C44H70O17/c1-18-8-11-44(55-16-18)19(2)30-27(61-44)14-25-23-7-6-21-12-22(13-29(47)43(21,5)24(23)9-10-42(25,30)4)57-41-38(60-40-35(52)33(50)31(48)20(3)56-40)36(53)37(28(15-45)58-41)59-39-34(51)32(49)26(46)17-54-39/h6,18-20,22-41,45-53H,7-17H2,1-5H3. The molecule has 5 aliphatic heterocycles. The molecule has 9 N–H and O–H groups in total. The molecule has 0 aromatic carbocycles. The first-order valence-electron chi connectivity index (χ1n) is 22.9. The maximum absolute atomic E-state index is 12.3. The van der Waals surface area contributed by atoms with Gasteiger partial charge in [-0.3, -0.25) is 0 Å². The van der Waals surface area contributed by atoms with Crippen LogP contribution < -0.4 is 0 Å². The summed E-state index contributed by atoms with van der Waals surface area (Å²) in [6.07, 6.45) is -13.3. The van der Waals surface area contributed by atoms with E-state index in [4.69, 9.17) is 37.9 Å². The number of aliphatic hydroxyl groups excluding tert-OH is 9. The summed E-state index contributed by atoms with van der Waals surface area (Å²) >= 11 is 0. The third-order valence-corrected chi connectivity index (χ3v) is 17.4. The molecule has 17 nitrogen and oxygen atoms in total. The maximum atomic E-state index is 12.3. The van der Waals surface area contributed by atoms with Gasteiger partial charge >= 0.3 is 0 Å². The molecule has 5 saturated heterocycles. The minimum atomic E-state index is -1.75. The van der Waals surface area contributed by atoms with Gasteiger partial charge in [0.1, 0.15) is 61.0 Å². The second kappa shape index (κ2) is 16.7. The van der Waals surface area contributed by atoms with Crippen LogP contribution in [0.15, 0.2) is 11.6 Å². The lowest BCUT2D eigenvalue weighted by Gasteiger charge is -2.60. The zero-order chi connectivity index (χ0) is 43.5. The molecule has 0 amide bonds. The minimum Gasteiger partial charge on any atom is -0.394 e. The first-order valence-corrected chi connectivity index (χ1v) is 22.9. The monoisotopic (exact) mass is 870 g/mol. The summed E-state index contributed by atoms with van der Waals surface area (Å²) in [5.41, 5.74) is 0.707. The molecule has 0 bridgehead atoms. The molecule has 0 aromatic rings. The van der Waals surface area contributed by atoms with Crippen molar-refractivity contribution in [1.29, 1.82) is 0 Å². The molecule has 3 saturated carbocycles. The number of hydrogen-bond donors (Lipinski definition) is 9. The Bertz CT molecular complexity index is 1590. The van der Waals surface area contributed by atoms with Crippen LogP contribution >= 0.6 is 0 Å². The van der Waals surface area contributed by atoms with Crippen LogP contribution in [0.5, 0.6) is 0 Å². The lowest BCUT2D eigenvalue weighted by Crippen LogP contribution is -2.66. The molecule has 1 spiro atoms. The van der Waals surface area contributed by atoms with E-state index < -0.39 is 116 Å². The van der Waals surface area contributed by atoms with Gasteiger partial charge in [-0.2, -0.15) is 0 Å². The van der Waals surface area contributed by atoms with Gasteiger partial charge in [0.2, 0.25) is 0 Å². The van der Waals surface area contributed by atoms with Gasteiger partial charge in [-0.15, -0.1) is 0 Å². The maximum Gasteiger partial charge on any atom is 0.187 e. The van der Waals surface area contributed by atoms with Crippen LogP contribution in [-0.4, -0.2) is 176 Å². The number of aliphatic hydroxyl groups is 9. The van der Waals surface area contributed by atoms with Crippen molar-refractivity contribution >= 4 is 0 Å². The van der Waals surface area contributed by atoms with Gasteiger partial charge in [-0.25, -0.2) is 0 Å². The van der Waals surface area contributed by atoms with Crippen molar-refractivity contribution in [3.63, 3.8) is 0 Å². The predicted molar refractivity (Wildman–Crippen MR) is 210 cm³/mol. The Labute approximate surface area is 357 Å². The van der Waals surface area contributed by atoms with E-state index >= 15 is 0 Å². The van der Waals surface area contributed by atoms with E-state index in [1.807, 2.05) is 0 Å². The van der Waals surface area contributed by atoms with E-state index in [1.165, 1.54) is 6.92 Å². The quantitative estimate of drug-likeness (QED) is 0.151. The minimum absolute atomic E-state index is 0.108. The Morgan fingerprint density at radius 1 is 0.738 bits per heavy atom. The van der Waals surface area contributed by atoms with E-state index in [0.717, 1.165) is 50.7 Å². The lowest BCUT2D eigenvalue weighted by atomic mass is 9.46. The van der Waals surface area contributed by atoms with Crippen LogP contribution in [0, 0.1) is 46.3 Å². The second-order valence-electron chi connectivity index (χ2n) is 20.7. The number of rotatable bonds is 7. The summed E-state index contributed by atoms with van der Waals surface area (Å²) in [4.78, 5) is 0. The van der Waals surface area contributed by atoms with Crippen LogP contribution in [0.25, 0.3) is 0 Å². The van der Waals surface area contributed by atoms with Gasteiger partial charge in [0.15, 0.2) is 24.7 Å². The van der Waals surface area contributed by atoms with E-state index in [-0.39, 0.29) is 30.5 Å². The van der Waals surface area contributed by atoms with Crippen molar-refractivity contribution in [2.45, 2.75) is 196 Å². The Kier molecular flexibility index (Phi) is 12.4. The number of ether oxygens (including phenoxy) is 8. The van der Waals surface area contributed by atoms with E-state index in [2.05, 4.69) is 33.8 Å². The van der Waals surface area contributed by atoms with Gasteiger partial charge in [0, 0.05) is 24.2 Å². The van der Waals surface area contributed by atoms with E-state index in [1.54, 1.807) is 0 Å². The molecular formula is C44H70O17. The SMILES string of the molecule is CC1CCC2(OC1)OC1CC3C4CC=C5CC(OC6OC(CO)C(OC7OCC(O)C(O)C7O)C(O)C6OC6OC(C)C(O)C(O)C6O)CC(O)C5(C)C4CCC3(C)C1C2C. The summed E-state index contributed by atoms with van der Waals surface area (Å²) in [5, 5.41) is 97.4. The molecule has 8 fully saturated rings. The summed E-state index contributed by atoms with van der Waals surface area (Å²) in [6, 6.07) is 0. The number of hydrogen-bond acceptors (Lipinski definition) is 17. The normalized spacial score (nSPS) is 58.4. The van der Waals surface area contributed by atoms with Crippen molar-refractivity contribution in [1.82, 2.24) is 0 Å². The third-order valence-electron chi connectivity index (χ3n) is 17.4. The molecular weight excluding hydrogens is 800 g/mol. The van der Waals surface area contributed by atoms with Crippen LogP contribution in [0.1, 0.15) is 86.0 Å². The molecule has 0 radical (unpaired) electrons. The molecule has 348 valence electrons. The largest absolute Gasteiger partial charge is 0.394 e. The second-order valence-corrected chi connectivity index (χ2v) is 20.7. The fourth-order valence-electron chi connectivity index (χ4n) is 13.8. The van der Waals surface area contributed by atoms with E-state index in [9.17, 15) is 46.0 Å². The topological polar surface area (TPSA) is 256 Å². The molecule has 9 rings (SSSR count). The summed E-state index contributed by atoms with van der Waals surface area (Å²) < 4.78 is 49.5. The molecule has 26 unspecified atom stereocenters. The fourth-order valence-corrected chi connectivity index (χ4v) is 13.8. The van der Waals surface area contributed by atoms with Crippen molar-refractivity contribution in [2.24, 2.45) is 46.3 Å². The average molecular weight is 871 g/mol. The smallest absolute Gasteiger partial charge is 0.187 e. The Hall–Kier alpha value is -0.940. The molecule has 26 atom stereocenters. The summed E-state index contributed by atoms with van der Waals surface area (Å²) in [6.45, 7) is 10.4. The molecule has 0 aromatic heterocycles. The Balaban J connectivity index is 0.929. The Morgan fingerprint density at radius 2 is 1.48 bits per heavy atom. The van der Waals surface area contributed by atoms with Crippen LogP contribution in [0.2, 0.25) is 0 Å². The van der Waals surface area contributed by atoms with Crippen molar-refractivity contribution in [3.05, 3.63) is 11.6 Å². The van der Waals surface area contributed by atoms with Crippen molar-refractivity contribution in [2.75, 3.05) is 19.8 Å². The van der Waals surface area contributed by atoms with Gasteiger partial charge in [0.05, 0.1) is 44.2 Å². The van der Waals surface area contributed by atoms with E-state index in [0.29, 0.717) is 36.0 Å². The molecule has 4 aliphatic carbocycles. The van der Waals surface area contributed by atoms with Crippen molar-refractivity contribution < 1.29 is 83.9 Å². The first-order chi connectivity index (χ1) is 28.9. The Morgan fingerprint density at radius 3 is 2.20 bits per heavy atom. The zero-order valence-electron chi connectivity index (χ0n) is 35.9. The number of allylic oxidation sites excluding steroid dienone is 1. The summed E-state index contributed by atoms with van der Waals surface area (Å²) in [7, 11) is 0. The van der Waals surface area contributed by atoms with Crippen molar-refractivity contribution in [3.8, 4) is 0 Å². The fraction of sp³-hybridized carbons (Fsp3) is 0.955. The zero-order valence-corrected chi connectivity index (χ0v) is 35.9. The summed E-state index contributed by atoms with van der Waals surface area (Å²) in [5.74, 6) is 1.88. The number of fused-ring (bicyclic) bond motifs is 7. The lowest BCUT2D eigenvalue weighted by molar-refractivity contribution is -0.386. The highest BCUT2D eigenvalue weighted by Crippen LogP contribution is 2.70. The first kappa shape index (κ1) is 45.2. The molecule has 17 heteroatoms. The van der Waals surface area contributed by atoms with Gasteiger partial charge in [0.25, 0.3) is 0 Å². The van der Waals surface area contributed by atoms with Crippen LogP contribution in [-0.2, 0) is 37.9 Å². The molecule has 5 heterocycles. The highest BCUT2D eigenvalue weighted by molar-refractivity contribution is 5.28. The average Bonchev–Trinajstić information content (AvgIpc) is 3.68. The van der Waals surface area contributed by atoms with Gasteiger partial charge in [-0.1, -0.05) is 39.3 Å². The highest BCUT2D eigenvalue weighted by atomic mass is 16.8. The third kappa shape index (κ3) is 7.32. The predicted octanol–water partition coefficient (Wildman–Crippen LogP) is -0.176. The van der Waals surface area contributed by atoms with Gasteiger partial charge < -0.3 is 83.9 Å². The highest BCUT2D eigenvalue weighted by Gasteiger charge is 2.69. The molecule has 61 heavy (non-hydrogen) atoms. The molecule has 9 aliphatic rings. The van der Waals surface area contributed by atoms with Gasteiger partial charge in [-0.05, 0) is 80.5 Å².